The Morgan fingerprint density at radius 3 is 2.50 bits per heavy atom. The maximum absolute atomic E-state index is 6.04. The zero-order chi connectivity index (χ0) is 14.4. The predicted octanol–water partition coefficient (Wildman–Crippen LogP) is 3.66. The SMILES string of the molecule is CCC1CCC(CN)C(N(CC)Cc2ccccc2)C1. The average Bonchev–Trinajstić information content (AvgIpc) is 2.53. The number of benzene rings is 1. The zero-order valence-electron chi connectivity index (χ0n) is 13.1. The molecule has 1 aliphatic carbocycles. The van der Waals surface area contributed by atoms with Crippen molar-refractivity contribution >= 4 is 0 Å². The molecule has 1 aromatic carbocycles. The monoisotopic (exact) mass is 274 g/mol. The highest BCUT2D eigenvalue weighted by Crippen LogP contribution is 2.34. The Kier molecular flexibility index (Phi) is 6.06. The number of hydrogen-bond acceptors (Lipinski definition) is 2. The van der Waals surface area contributed by atoms with E-state index in [1.165, 1.54) is 31.2 Å². The third-order valence-electron chi connectivity index (χ3n) is 5.05. The molecule has 0 aliphatic heterocycles. The van der Waals surface area contributed by atoms with E-state index in [0.29, 0.717) is 12.0 Å². The Hall–Kier alpha value is -0.860. The first-order valence-corrected chi connectivity index (χ1v) is 8.26. The van der Waals surface area contributed by atoms with E-state index in [9.17, 15) is 0 Å². The molecule has 3 atom stereocenters. The number of nitrogens with zero attached hydrogens (tertiary/aromatic N) is 1. The molecular formula is C18H30N2. The van der Waals surface area contributed by atoms with Crippen LogP contribution >= 0.6 is 0 Å². The van der Waals surface area contributed by atoms with Gasteiger partial charge >= 0.3 is 0 Å². The first-order chi connectivity index (χ1) is 9.78. The van der Waals surface area contributed by atoms with Crippen LogP contribution < -0.4 is 5.73 Å². The zero-order valence-corrected chi connectivity index (χ0v) is 13.1. The van der Waals surface area contributed by atoms with Gasteiger partial charge in [0.2, 0.25) is 0 Å². The van der Waals surface area contributed by atoms with Crippen molar-refractivity contribution in [3.05, 3.63) is 35.9 Å². The van der Waals surface area contributed by atoms with Crippen molar-refractivity contribution in [3.8, 4) is 0 Å². The van der Waals surface area contributed by atoms with Gasteiger partial charge in [0, 0.05) is 12.6 Å². The van der Waals surface area contributed by atoms with E-state index in [0.717, 1.165) is 25.6 Å². The molecule has 2 N–H and O–H groups in total. The van der Waals surface area contributed by atoms with Crippen molar-refractivity contribution < 1.29 is 0 Å². The van der Waals surface area contributed by atoms with Crippen molar-refractivity contribution in [2.45, 2.75) is 52.1 Å². The third kappa shape index (κ3) is 3.83. The van der Waals surface area contributed by atoms with Gasteiger partial charge in [0.05, 0.1) is 0 Å². The van der Waals surface area contributed by atoms with Crippen LogP contribution in [0, 0.1) is 11.8 Å². The summed E-state index contributed by atoms with van der Waals surface area (Å²) in [5.41, 5.74) is 7.46. The molecule has 0 heterocycles. The van der Waals surface area contributed by atoms with Gasteiger partial charge in [0.25, 0.3) is 0 Å². The molecule has 0 aromatic heterocycles. The molecule has 2 heteroatoms. The summed E-state index contributed by atoms with van der Waals surface area (Å²) in [5, 5.41) is 0. The van der Waals surface area contributed by atoms with Crippen LogP contribution in [0.5, 0.6) is 0 Å². The van der Waals surface area contributed by atoms with E-state index in [-0.39, 0.29) is 0 Å². The summed E-state index contributed by atoms with van der Waals surface area (Å²) in [4.78, 5) is 2.65. The van der Waals surface area contributed by atoms with E-state index < -0.39 is 0 Å². The number of hydrogen-bond donors (Lipinski definition) is 1. The van der Waals surface area contributed by atoms with Crippen LogP contribution in [0.15, 0.2) is 30.3 Å². The first-order valence-electron chi connectivity index (χ1n) is 8.26. The smallest absolute Gasteiger partial charge is 0.0236 e. The van der Waals surface area contributed by atoms with E-state index in [1.54, 1.807) is 0 Å². The van der Waals surface area contributed by atoms with Crippen molar-refractivity contribution in [3.63, 3.8) is 0 Å². The summed E-state index contributed by atoms with van der Waals surface area (Å²) in [6.07, 6.45) is 5.33. The van der Waals surface area contributed by atoms with Crippen molar-refractivity contribution in [1.29, 1.82) is 0 Å². The van der Waals surface area contributed by atoms with Gasteiger partial charge in [-0.15, -0.1) is 0 Å². The highest BCUT2D eigenvalue weighted by molar-refractivity contribution is 5.14. The molecule has 2 nitrogen and oxygen atoms in total. The van der Waals surface area contributed by atoms with Gasteiger partial charge in [-0.1, -0.05) is 57.0 Å². The molecule has 2 rings (SSSR count). The van der Waals surface area contributed by atoms with E-state index in [2.05, 4.69) is 49.1 Å². The van der Waals surface area contributed by atoms with Crippen molar-refractivity contribution in [2.24, 2.45) is 17.6 Å². The Labute approximate surface area is 124 Å². The largest absolute Gasteiger partial charge is 0.330 e. The Balaban J connectivity index is 2.07. The van der Waals surface area contributed by atoms with Crippen LogP contribution in [-0.4, -0.2) is 24.0 Å². The van der Waals surface area contributed by atoms with Gasteiger partial charge in [-0.05, 0) is 43.3 Å². The molecule has 1 aromatic rings. The summed E-state index contributed by atoms with van der Waals surface area (Å²) in [7, 11) is 0. The fraction of sp³-hybridized carbons (Fsp3) is 0.667. The minimum atomic E-state index is 0.670. The van der Waals surface area contributed by atoms with Gasteiger partial charge < -0.3 is 5.73 Å². The minimum absolute atomic E-state index is 0.670. The van der Waals surface area contributed by atoms with Gasteiger partial charge in [-0.3, -0.25) is 4.90 Å². The lowest BCUT2D eigenvalue weighted by molar-refractivity contribution is 0.0787. The molecule has 0 amide bonds. The molecule has 0 radical (unpaired) electrons. The van der Waals surface area contributed by atoms with Crippen LogP contribution in [-0.2, 0) is 6.54 Å². The maximum Gasteiger partial charge on any atom is 0.0236 e. The van der Waals surface area contributed by atoms with Gasteiger partial charge in [-0.25, -0.2) is 0 Å². The second-order valence-electron chi connectivity index (χ2n) is 6.20. The van der Waals surface area contributed by atoms with Crippen molar-refractivity contribution in [1.82, 2.24) is 4.90 Å². The predicted molar refractivity (Wildman–Crippen MR) is 86.5 cm³/mol. The van der Waals surface area contributed by atoms with Crippen LogP contribution in [0.2, 0.25) is 0 Å². The molecule has 112 valence electrons. The van der Waals surface area contributed by atoms with Gasteiger partial charge in [0.15, 0.2) is 0 Å². The number of rotatable bonds is 6. The first kappa shape index (κ1) is 15.5. The fourth-order valence-electron chi connectivity index (χ4n) is 3.67. The standard InChI is InChI=1S/C18H30N2/c1-3-15-10-11-17(13-19)18(12-15)20(4-2)14-16-8-6-5-7-9-16/h5-9,15,17-18H,3-4,10-14,19H2,1-2H3. The van der Waals surface area contributed by atoms with Gasteiger partial charge in [-0.2, -0.15) is 0 Å². The molecule has 1 saturated carbocycles. The molecule has 1 fully saturated rings. The lowest BCUT2D eigenvalue weighted by Crippen LogP contribution is -2.46. The number of nitrogens with two attached hydrogens (primary N) is 1. The molecule has 1 aliphatic rings. The lowest BCUT2D eigenvalue weighted by atomic mass is 9.76. The lowest BCUT2D eigenvalue weighted by Gasteiger charge is -2.42. The normalized spacial score (nSPS) is 26.9. The molecule has 0 saturated heterocycles. The van der Waals surface area contributed by atoms with Crippen LogP contribution in [0.1, 0.15) is 45.1 Å². The summed E-state index contributed by atoms with van der Waals surface area (Å²) in [6.45, 7) is 7.64. The Morgan fingerprint density at radius 2 is 1.90 bits per heavy atom. The van der Waals surface area contributed by atoms with E-state index in [4.69, 9.17) is 5.73 Å². The average molecular weight is 274 g/mol. The summed E-state index contributed by atoms with van der Waals surface area (Å²) in [5.74, 6) is 1.58. The molecular weight excluding hydrogens is 244 g/mol. The fourth-order valence-corrected chi connectivity index (χ4v) is 3.67. The minimum Gasteiger partial charge on any atom is -0.330 e. The highest BCUT2D eigenvalue weighted by Gasteiger charge is 2.32. The summed E-state index contributed by atoms with van der Waals surface area (Å²) >= 11 is 0. The van der Waals surface area contributed by atoms with Crippen LogP contribution in [0.3, 0.4) is 0 Å². The van der Waals surface area contributed by atoms with E-state index in [1.807, 2.05) is 0 Å². The second kappa shape index (κ2) is 7.80. The molecule has 0 bridgehead atoms. The van der Waals surface area contributed by atoms with Crippen LogP contribution in [0.4, 0.5) is 0 Å². The Bertz CT molecular complexity index is 376. The maximum atomic E-state index is 6.04. The molecule has 20 heavy (non-hydrogen) atoms. The third-order valence-corrected chi connectivity index (χ3v) is 5.05. The summed E-state index contributed by atoms with van der Waals surface area (Å²) < 4.78 is 0. The molecule has 0 spiro atoms. The Morgan fingerprint density at radius 1 is 1.15 bits per heavy atom. The highest BCUT2D eigenvalue weighted by atomic mass is 15.2. The second-order valence-corrected chi connectivity index (χ2v) is 6.20. The van der Waals surface area contributed by atoms with E-state index >= 15 is 0 Å². The van der Waals surface area contributed by atoms with Crippen LogP contribution in [0.25, 0.3) is 0 Å². The quantitative estimate of drug-likeness (QED) is 0.857. The molecule has 3 unspecified atom stereocenters. The summed E-state index contributed by atoms with van der Waals surface area (Å²) in [6, 6.07) is 11.5. The topological polar surface area (TPSA) is 29.3 Å². The van der Waals surface area contributed by atoms with Crippen molar-refractivity contribution in [2.75, 3.05) is 13.1 Å². The van der Waals surface area contributed by atoms with Gasteiger partial charge in [0.1, 0.15) is 0 Å².